The summed E-state index contributed by atoms with van der Waals surface area (Å²) in [5, 5.41) is 19.1. The van der Waals surface area contributed by atoms with Gasteiger partial charge in [-0.05, 0) is 35.4 Å². The Labute approximate surface area is 183 Å². The molecule has 2 aromatic rings. The molecule has 30 heavy (non-hydrogen) atoms. The molecule has 0 radical (unpaired) electrons. The van der Waals surface area contributed by atoms with E-state index in [2.05, 4.69) is 4.98 Å². The standard InChI is InChI=1S/C20H19ClFN3O4.ClH/c21-14-7-17(22)20(24-9-14)29-16-4-1-12(2-5-16)13-3-6-18(26)25(10-13)11-15(23)8-19(27)28;/h1-7,9-10,15,18,26H,8,11,23H2,(H,27,28);1H. The van der Waals surface area contributed by atoms with Crippen molar-refractivity contribution in [3.8, 4) is 11.6 Å². The average molecular weight is 456 g/mol. The zero-order valence-corrected chi connectivity index (χ0v) is 17.2. The van der Waals surface area contributed by atoms with E-state index in [1.165, 1.54) is 6.20 Å². The molecule has 1 aromatic heterocycles. The summed E-state index contributed by atoms with van der Waals surface area (Å²) in [6.45, 7) is 0.185. The monoisotopic (exact) mass is 455 g/mol. The first-order valence-electron chi connectivity index (χ1n) is 8.72. The van der Waals surface area contributed by atoms with E-state index in [-0.39, 0.29) is 36.3 Å². The molecule has 1 aromatic carbocycles. The van der Waals surface area contributed by atoms with Gasteiger partial charge in [-0.15, -0.1) is 12.4 Å². The number of aromatic nitrogens is 1. The summed E-state index contributed by atoms with van der Waals surface area (Å²) in [5.41, 5.74) is 7.43. The minimum absolute atomic E-state index is 0. The van der Waals surface area contributed by atoms with Gasteiger partial charge in [0.2, 0.25) is 0 Å². The smallest absolute Gasteiger partial charge is 0.304 e. The Morgan fingerprint density at radius 1 is 1.37 bits per heavy atom. The third-order valence-electron chi connectivity index (χ3n) is 4.15. The maximum atomic E-state index is 13.8. The van der Waals surface area contributed by atoms with Gasteiger partial charge in [-0.2, -0.15) is 0 Å². The quantitative estimate of drug-likeness (QED) is 0.586. The first-order chi connectivity index (χ1) is 13.8. The number of benzene rings is 1. The molecule has 0 amide bonds. The van der Waals surface area contributed by atoms with E-state index in [0.29, 0.717) is 5.75 Å². The molecule has 10 heteroatoms. The molecule has 2 unspecified atom stereocenters. The molecule has 7 nitrogen and oxygen atoms in total. The zero-order valence-electron chi connectivity index (χ0n) is 15.6. The van der Waals surface area contributed by atoms with Crippen LogP contribution in [0.5, 0.6) is 11.6 Å². The Morgan fingerprint density at radius 3 is 2.70 bits per heavy atom. The van der Waals surface area contributed by atoms with Crippen LogP contribution in [0.3, 0.4) is 0 Å². The summed E-state index contributed by atoms with van der Waals surface area (Å²) >= 11 is 5.68. The number of allylic oxidation sites excluding steroid dienone is 2. The number of aliphatic hydroxyl groups is 1. The third-order valence-corrected chi connectivity index (χ3v) is 4.36. The minimum Gasteiger partial charge on any atom is -0.481 e. The lowest BCUT2D eigenvalue weighted by atomic mass is 10.0. The van der Waals surface area contributed by atoms with Gasteiger partial charge in [0.15, 0.2) is 5.82 Å². The normalized spacial score (nSPS) is 16.5. The summed E-state index contributed by atoms with van der Waals surface area (Å²) in [6.07, 6.45) is 5.25. The summed E-state index contributed by atoms with van der Waals surface area (Å²) in [5.74, 6) is -1.45. The van der Waals surface area contributed by atoms with Crippen LogP contribution in [0.1, 0.15) is 12.0 Å². The van der Waals surface area contributed by atoms with Gasteiger partial charge in [0, 0.05) is 25.0 Å². The number of aliphatic hydroxyl groups excluding tert-OH is 1. The van der Waals surface area contributed by atoms with Crippen molar-refractivity contribution in [2.75, 3.05) is 6.54 Å². The molecule has 0 saturated heterocycles. The number of pyridine rings is 1. The second kappa shape index (κ2) is 10.4. The second-order valence-corrected chi connectivity index (χ2v) is 6.92. The number of halogens is 3. The van der Waals surface area contributed by atoms with Gasteiger partial charge >= 0.3 is 5.97 Å². The van der Waals surface area contributed by atoms with Crippen LogP contribution in [0.4, 0.5) is 4.39 Å². The molecule has 0 aliphatic carbocycles. The number of rotatable bonds is 7. The topological polar surface area (TPSA) is 109 Å². The molecule has 0 bridgehead atoms. The molecule has 4 N–H and O–H groups in total. The highest BCUT2D eigenvalue weighted by molar-refractivity contribution is 6.30. The van der Waals surface area contributed by atoms with Crippen molar-refractivity contribution in [2.45, 2.75) is 18.7 Å². The molecule has 160 valence electrons. The molecular formula is C20H20Cl2FN3O4. The van der Waals surface area contributed by atoms with Crippen LogP contribution in [-0.2, 0) is 4.79 Å². The molecule has 0 saturated carbocycles. The average Bonchev–Trinajstić information content (AvgIpc) is 2.66. The van der Waals surface area contributed by atoms with Gasteiger partial charge in [0.05, 0.1) is 11.4 Å². The lowest BCUT2D eigenvalue weighted by Gasteiger charge is -2.30. The number of hydrogen-bond acceptors (Lipinski definition) is 6. The number of carbonyl (C=O) groups is 1. The lowest BCUT2D eigenvalue weighted by molar-refractivity contribution is -0.137. The number of ether oxygens (including phenoxy) is 1. The maximum Gasteiger partial charge on any atom is 0.304 e. The van der Waals surface area contributed by atoms with E-state index in [0.717, 1.165) is 17.2 Å². The van der Waals surface area contributed by atoms with Crippen LogP contribution in [0, 0.1) is 5.82 Å². The van der Waals surface area contributed by atoms with E-state index >= 15 is 0 Å². The molecule has 0 spiro atoms. The number of hydrogen-bond donors (Lipinski definition) is 3. The lowest BCUT2D eigenvalue weighted by Crippen LogP contribution is -2.41. The van der Waals surface area contributed by atoms with Crippen molar-refractivity contribution in [1.29, 1.82) is 0 Å². The minimum atomic E-state index is -0.994. The molecular weight excluding hydrogens is 436 g/mol. The van der Waals surface area contributed by atoms with Crippen LogP contribution < -0.4 is 10.5 Å². The van der Waals surface area contributed by atoms with Gasteiger partial charge in [-0.1, -0.05) is 29.8 Å². The van der Waals surface area contributed by atoms with Crippen LogP contribution in [0.15, 0.2) is 54.9 Å². The fraction of sp³-hybridized carbons (Fsp3) is 0.200. The number of nitrogens with two attached hydrogens (primary N) is 1. The zero-order chi connectivity index (χ0) is 21.0. The highest BCUT2D eigenvalue weighted by Gasteiger charge is 2.19. The van der Waals surface area contributed by atoms with Crippen molar-refractivity contribution >= 4 is 35.6 Å². The molecule has 3 rings (SSSR count). The predicted molar refractivity (Wildman–Crippen MR) is 113 cm³/mol. The Kier molecular flexibility index (Phi) is 8.19. The molecule has 2 heterocycles. The molecule has 1 aliphatic heterocycles. The summed E-state index contributed by atoms with van der Waals surface area (Å²) < 4.78 is 19.2. The largest absolute Gasteiger partial charge is 0.481 e. The Morgan fingerprint density at radius 2 is 2.07 bits per heavy atom. The molecule has 0 fully saturated rings. The van der Waals surface area contributed by atoms with Crippen LogP contribution in [0.2, 0.25) is 5.02 Å². The van der Waals surface area contributed by atoms with Crippen LogP contribution in [0.25, 0.3) is 5.57 Å². The number of aliphatic carboxylic acids is 1. The summed E-state index contributed by atoms with van der Waals surface area (Å²) in [6, 6.07) is 7.35. The molecule has 2 atom stereocenters. The van der Waals surface area contributed by atoms with Gasteiger partial charge in [0.25, 0.3) is 5.88 Å². The van der Waals surface area contributed by atoms with Gasteiger partial charge in [-0.25, -0.2) is 9.37 Å². The fourth-order valence-electron chi connectivity index (χ4n) is 2.79. The van der Waals surface area contributed by atoms with Crippen molar-refractivity contribution in [2.24, 2.45) is 5.73 Å². The highest BCUT2D eigenvalue weighted by Crippen LogP contribution is 2.27. The predicted octanol–water partition coefficient (Wildman–Crippen LogP) is 3.42. The van der Waals surface area contributed by atoms with Gasteiger partial charge < -0.3 is 25.6 Å². The van der Waals surface area contributed by atoms with Crippen LogP contribution in [-0.4, -0.2) is 44.9 Å². The first kappa shape index (κ1) is 23.6. The van der Waals surface area contributed by atoms with E-state index in [9.17, 15) is 14.3 Å². The highest BCUT2D eigenvalue weighted by atomic mass is 35.5. The summed E-state index contributed by atoms with van der Waals surface area (Å²) in [7, 11) is 0. The van der Waals surface area contributed by atoms with Gasteiger partial charge in [-0.3, -0.25) is 4.79 Å². The SMILES string of the molecule is Cl.NC(CC(=O)O)CN1C=C(c2ccc(Oc3ncc(Cl)cc3F)cc2)C=CC1O. The van der Waals surface area contributed by atoms with E-state index in [1.807, 2.05) is 0 Å². The summed E-state index contributed by atoms with van der Waals surface area (Å²) in [4.78, 5) is 16.2. The molecule has 1 aliphatic rings. The first-order valence-corrected chi connectivity index (χ1v) is 9.10. The van der Waals surface area contributed by atoms with Gasteiger partial charge in [0.1, 0.15) is 12.0 Å². The fourth-order valence-corrected chi connectivity index (χ4v) is 2.94. The number of carboxylic acid groups (broad SMARTS) is 1. The van der Waals surface area contributed by atoms with Crippen molar-refractivity contribution < 1.29 is 24.1 Å². The Balaban J connectivity index is 0.00000320. The number of nitrogens with zero attached hydrogens (tertiary/aromatic N) is 2. The van der Waals surface area contributed by atoms with E-state index in [4.69, 9.17) is 27.2 Å². The van der Waals surface area contributed by atoms with Crippen molar-refractivity contribution in [3.63, 3.8) is 0 Å². The second-order valence-electron chi connectivity index (χ2n) is 6.48. The van der Waals surface area contributed by atoms with Crippen molar-refractivity contribution in [3.05, 3.63) is 71.3 Å². The van der Waals surface area contributed by atoms with Crippen LogP contribution >= 0.6 is 24.0 Å². The van der Waals surface area contributed by atoms with E-state index < -0.39 is 24.1 Å². The maximum absolute atomic E-state index is 13.8. The van der Waals surface area contributed by atoms with Crippen molar-refractivity contribution in [1.82, 2.24) is 9.88 Å². The number of carboxylic acids is 1. The Bertz CT molecular complexity index is 954. The van der Waals surface area contributed by atoms with E-state index in [1.54, 1.807) is 47.5 Å². The Hall–Kier alpha value is -2.65. The third kappa shape index (κ3) is 6.17.